The van der Waals surface area contributed by atoms with E-state index in [1.54, 1.807) is 45.4 Å². The fourth-order valence-electron chi connectivity index (χ4n) is 3.38. The third-order valence-electron chi connectivity index (χ3n) is 4.93. The van der Waals surface area contributed by atoms with Gasteiger partial charge in [-0.05, 0) is 41.3 Å². The van der Waals surface area contributed by atoms with E-state index in [2.05, 4.69) is 33.6 Å². The Bertz CT molecular complexity index is 1020. The van der Waals surface area contributed by atoms with Crippen molar-refractivity contribution in [2.75, 3.05) is 21.3 Å². The van der Waals surface area contributed by atoms with Crippen LogP contribution in [0.4, 0.5) is 0 Å². The number of rotatable bonds is 8. The molecule has 1 aliphatic rings. The molecule has 0 saturated heterocycles. The number of nitrogens with zero attached hydrogens (tertiary/aromatic N) is 2. The van der Waals surface area contributed by atoms with Crippen molar-refractivity contribution in [1.82, 2.24) is 9.88 Å². The van der Waals surface area contributed by atoms with Crippen LogP contribution in [0.25, 0.3) is 0 Å². The lowest BCUT2D eigenvalue weighted by molar-refractivity contribution is 0.328. The third-order valence-corrected chi connectivity index (χ3v) is 5.97. The standard InChI is InChI=1S/C24H24N2O4S/c1-27-19-11-12-22(25-15-19)30-18-9-7-17(8-10-18)16-26-13-14-31-24(26)23-20(28-2)5-4-6-21(23)29-3/h4-15,24H,16H2,1-3H3. The van der Waals surface area contributed by atoms with Gasteiger partial charge in [0.15, 0.2) is 0 Å². The molecule has 1 aromatic heterocycles. The molecular weight excluding hydrogens is 412 g/mol. The second kappa shape index (κ2) is 9.66. The molecule has 0 aliphatic carbocycles. The van der Waals surface area contributed by atoms with Crippen molar-refractivity contribution in [3.05, 3.63) is 83.5 Å². The molecule has 1 unspecified atom stereocenters. The van der Waals surface area contributed by atoms with E-state index in [0.29, 0.717) is 11.6 Å². The Kier molecular flexibility index (Phi) is 6.52. The Morgan fingerprint density at radius 1 is 0.871 bits per heavy atom. The van der Waals surface area contributed by atoms with Gasteiger partial charge in [-0.3, -0.25) is 0 Å². The van der Waals surface area contributed by atoms with Gasteiger partial charge >= 0.3 is 0 Å². The van der Waals surface area contributed by atoms with E-state index >= 15 is 0 Å². The van der Waals surface area contributed by atoms with Gasteiger partial charge in [-0.25, -0.2) is 4.98 Å². The highest BCUT2D eigenvalue weighted by Crippen LogP contribution is 2.47. The SMILES string of the molecule is COc1ccc(Oc2ccc(CN3C=CSC3c3c(OC)cccc3OC)cc2)nc1. The van der Waals surface area contributed by atoms with Gasteiger partial charge in [-0.15, -0.1) is 11.8 Å². The van der Waals surface area contributed by atoms with Crippen molar-refractivity contribution in [3.8, 4) is 28.9 Å². The highest BCUT2D eigenvalue weighted by Gasteiger charge is 2.28. The second-order valence-corrected chi connectivity index (χ2v) is 7.80. The molecule has 31 heavy (non-hydrogen) atoms. The molecule has 1 atom stereocenters. The van der Waals surface area contributed by atoms with Crippen LogP contribution in [0.2, 0.25) is 0 Å². The van der Waals surface area contributed by atoms with Crippen LogP contribution < -0.4 is 18.9 Å². The lowest BCUT2D eigenvalue weighted by atomic mass is 10.1. The molecule has 160 valence electrons. The third kappa shape index (κ3) is 4.72. The summed E-state index contributed by atoms with van der Waals surface area (Å²) in [5.74, 6) is 3.59. The summed E-state index contributed by atoms with van der Waals surface area (Å²) in [5, 5.41) is 2.18. The van der Waals surface area contributed by atoms with Gasteiger partial charge < -0.3 is 23.8 Å². The first-order valence-corrected chi connectivity index (χ1v) is 10.7. The van der Waals surface area contributed by atoms with Crippen molar-refractivity contribution in [1.29, 1.82) is 0 Å². The van der Waals surface area contributed by atoms with Gasteiger partial charge in [-0.1, -0.05) is 18.2 Å². The first-order chi connectivity index (χ1) is 15.2. The number of aromatic nitrogens is 1. The van der Waals surface area contributed by atoms with Crippen molar-refractivity contribution in [2.24, 2.45) is 0 Å². The van der Waals surface area contributed by atoms with Gasteiger partial charge in [-0.2, -0.15) is 0 Å². The summed E-state index contributed by atoms with van der Waals surface area (Å²) < 4.78 is 22.2. The fourth-order valence-corrected chi connectivity index (χ4v) is 4.42. The van der Waals surface area contributed by atoms with Crippen molar-refractivity contribution in [3.63, 3.8) is 0 Å². The normalized spacial score (nSPS) is 15.1. The molecule has 0 saturated carbocycles. The topological polar surface area (TPSA) is 53.1 Å². The minimum Gasteiger partial charge on any atom is -0.496 e. The van der Waals surface area contributed by atoms with E-state index in [1.807, 2.05) is 36.4 Å². The maximum Gasteiger partial charge on any atom is 0.219 e. The Morgan fingerprint density at radius 2 is 1.58 bits per heavy atom. The number of benzene rings is 2. The van der Waals surface area contributed by atoms with Gasteiger partial charge in [0.05, 0.1) is 33.1 Å². The van der Waals surface area contributed by atoms with E-state index in [4.69, 9.17) is 18.9 Å². The molecule has 0 N–H and O–H groups in total. The summed E-state index contributed by atoms with van der Waals surface area (Å²) in [5.41, 5.74) is 2.20. The van der Waals surface area contributed by atoms with E-state index in [-0.39, 0.29) is 5.37 Å². The molecule has 6 nitrogen and oxygen atoms in total. The largest absolute Gasteiger partial charge is 0.496 e. The van der Waals surface area contributed by atoms with E-state index in [1.165, 1.54) is 5.56 Å². The first kappa shape index (κ1) is 20.9. The molecule has 3 aromatic rings. The van der Waals surface area contributed by atoms with Gasteiger partial charge in [0.2, 0.25) is 5.88 Å². The summed E-state index contributed by atoms with van der Waals surface area (Å²) in [6.45, 7) is 0.746. The van der Waals surface area contributed by atoms with Crippen LogP contribution in [-0.4, -0.2) is 31.2 Å². The molecule has 0 spiro atoms. The Labute approximate surface area is 186 Å². The van der Waals surface area contributed by atoms with Crippen molar-refractivity contribution >= 4 is 11.8 Å². The number of methoxy groups -OCH3 is 3. The lowest BCUT2D eigenvalue weighted by Gasteiger charge is -2.27. The molecule has 2 heterocycles. The number of hydrogen-bond donors (Lipinski definition) is 0. The average molecular weight is 437 g/mol. The van der Waals surface area contributed by atoms with Crippen LogP contribution in [0.15, 0.2) is 72.4 Å². The fraction of sp³-hybridized carbons (Fsp3) is 0.208. The van der Waals surface area contributed by atoms with Gasteiger partial charge in [0, 0.05) is 18.8 Å². The summed E-state index contributed by atoms with van der Waals surface area (Å²) in [6.07, 6.45) is 3.74. The molecule has 1 aliphatic heterocycles. The highest BCUT2D eigenvalue weighted by molar-refractivity contribution is 8.02. The highest BCUT2D eigenvalue weighted by atomic mass is 32.2. The Morgan fingerprint density at radius 3 is 2.19 bits per heavy atom. The monoisotopic (exact) mass is 436 g/mol. The summed E-state index contributed by atoms with van der Waals surface area (Å²) in [7, 11) is 4.98. The number of ether oxygens (including phenoxy) is 4. The molecule has 0 amide bonds. The van der Waals surface area contributed by atoms with Crippen LogP contribution in [0.5, 0.6) is 28.9 Å². The van der Waals surface area contributed by atoms with Crippen molar-refractivity contribution < 1.29 is 18.9 Å². The van der Waals surface area contributed by atoms with Crippen LogP contribution in [0, 0.1) is 0 Å². The van der Waals surface area contributed by atoms with Crippen molar-refractivity contribution in [2.45, 2.75) is 11.9 Å². The van der Waals surface area contributed by atoms with Gasteiger partial charge in [0.1, 0.15) is 28.4 Å². The minimum atomic E-state index is 0.0746. The number of pyridine rings is 1. The van der Waals surface area contributed by atoms with Gasteiger partial charge in [0.25, 0.3) is 0 Å². The van der Waals surface area contributed by atoms with E-state index < -0.39 is 0 Å². The van der Waals surface area contributed by atoms with E-state index in [0.717, 1.165) is 29.4 Å². The zero-order valence-electron chi connectivity index (χ0n) is 17.6. The molecular formula is C24H24N2O4S. The predicted octanol–water partition coefficient (Wildman–Crippen LogP) is 5.62. The molecule has 2 aromatic carbocycles. The number of thioether (sulfide) groups is 1. The summed E-state index contributed by atoms with van der Waals surface area (Å²) in [6, 6.07) is 17.5. The smallest absolute Gasteiger partial charge is 0.219 e. The molecule has 0 bridgehead atoms. The average Bonchev–Trinajstić information content (AvgIpc) is 3.27. The molecule has 0 radical (unpaired) electrons. The van der Waals surface area contributed by atoms with Crippen LogP contribution >= 0.6 is 11.8 Å². The minimum absolute atomic E-state index is 0.0746. The van der Waals surface area contributed by atoms with Crippen LogP contribution in [0.3, 0.4) is 0 Å². The second-order valence-electron chi connectivity index (χ2n) is 6.80. The summed E-state index contributed by atoms with van der Waals surface area (Å²) in [4.78, 5) is 6.51. The molecule has 4 rings (SSSR count). The van der Waals surface area contributed by atoms with Crippen LogP contribution in [-0.2, 0) is 6.54 Å². The Balaban J connectivity index is 1.47. The van der Waals surface area contributed by atoms with E-state index in [9.17, 15) is 0 Å². The van der Waals surface area contributed by atoms with Crippen LogP contribution in [0.1, 0.15) is 16.5 Å². The maximum atomic E-state index is 5.82. The zero-order chi connectivity index (χ0) is 21.6. The predicted molar refractivity (Wildman–Crippen MR) is 122 cm³/mol. The lowest BCUT2D eigenvalue weighted by Crippen LogP contribution is -2.19. The quantitative estimate of drug-likeness (QED) is 0.454. The molecule has 7 heteroatoms. The molecule has 0 fully saturated rings. The first-order valence-electron chi connectivity index (χ1n) is 9.77. The zero-order valence-corrected chi connectivity index (χ0v) is 18.5. The Hall–Kier alpha value is -3.32. The maximum absolute atomic E-state index is 5.82. The number of hydrogen-bond acceptors (Lipinski definition) is 7. The summed E-state index contributed by atoms with van der Waals surface area (Å²) >= 11 is 1.73.